The van der Waals surface area contributed by atoms with E-state index < -0.39 is 0 Å². The number of ether oxygens (including phenoxy) is 1. The Kier molecular flexibility index (Phi) is 3.82. The summed E-state index contributed by atoms with van der Waals surface area (Å²) in [5.74, 6) is 1.16. The van der Waals surface area contributed by atoms with E-state index in [1.54, 1.807) is 0 Å². The topological polar surface area (TPSA) is 29.5 Å². The van der Waals surface area contributed by atoms with Crippen molar-refractivity contribution < 1.29 is 9.84 Å². The highest BCUT2D eigenvalue weighted by atomic mass is 16.5. The molecule has 1 N–H and O–H groups in total. The van der Waals surface area contributed by atoms with Crippen molar-refractivity contribution in [1.82, 2.24) is 0 Å². The lowest BCUT2D eigenvalue weighted by molar-refractivity contribution is 0.000947. The smallest absolute Gasteiger partial charge is 0.0628 e. The van der Waals surface area contributed by atoms with Gasteiger partial charge in [-0.1, -0.05) is 32.1 Å². The Labute approximate surface area is 86.6 Å². The molecule has 1 saturated heterocycles. The van der Waals surface area contributed by atoms with Crippen molar-refractivity contribution in [3.8, 4) is 0 Å². The Morgan fingerprint density at radius 1 is 1.07 bits per heavy atom. The summed E-state index contributed by atoms with van der Waals surface area (Å²) in [6.45, 7) is 1.24. The van der Waals surface area contributed by atoms with E-state index >= 15 is 0 Å². The SMILES string of the molecule is OCC(C1CCCCC1)C1CCCO1. The van der Waals surface area contributed by atoms with Gasteiger partial charge in [0.05, 0.1) is 6.10 Å². The Bertz CT molecular complexity index is 158. The van der Waals surface area contributed by atoms with Crippen LogP contribution in [-0.4, -0.2) is 24.4 Å². The van der Waals surface area contributed by atoms with Crippen LogP contribution in [0.2, 0.25) is 0 Å². The lowest BCUT2D eigenvalue weighted by Gasteiger charge is -2.32. The first-order valence-electron chi connectivity index (χ1n) is 6.14. The fourth-order valence-electron chi connectivity index (χ4n) is 3.07. The molecule has 0 aromatic heterocycles. The van der Waals surface area contributed by atoms with E-state index in [1.165, 1.54) is 44.9 Å². The molecule has 2 unspecified atom stereocenters. The second-order valence-electron chi connectivity index (χ2n) is 4.80. The second-order valence-corrected chi connectivity index (χ2v) is 4.80. The molecule has 82 valence electrons. The summed E-state index contributed by atoms with van der Waals surface area (Å²) in [5.41, 5.74) is 0. The molecule has 1 aliphatic carbocycles. The summed E-state index contributed by atoms with van der Waals surface area (Å²) < 4.78 is 5.70. The molecule has 2 atom stereocenters. The van der Waals surface area contributed by atoms with Crippen LogP contribution in [0, 0.1) is 11.8 Å². The molecule has 2 heteroatoms. The lowest BCUT2D eigenvalue weighted by atomic mass is 9.77. The summed E-state index contributed by atoms with van der Waals surface area (Å²) in [6.07, 6.45) is 9.44. The number of aliphatic hydroxyl groups excluding tert-OH is 1. The van der Waals surface area contributed by atoms with Crippen LogP contribution in [0.5, 0.6) is 0 Å². The van der Waals surface area contributed by atoms with Crippen LogP contribution in [-0.2, 0) is 4.74 Å². The molecule has 1 aliphatic heterocycles. The third kappa shape index (κ3) is 2.29. The van der Waals surface area contributed by atoms with Crippen molar-refractivity contribution >= 4 is 0 Å². The molecule has 0 spiro atoms. The molecule has 2 aliphatic rings. The molecule has 14 heavy (non-hydrogen) atoms. The average Bonchev–Trinajstić information content (AvgIpc) is 2.74. The maximum atomic E-state index is 9.46. The van der Waals surface area contributed by atoms with Gasteiger partial charge in [-0.15, -0.1) is 0 Å². The second kappa shape index (κ2) is 5.13. The molecule has 1 saturated carbocycles. The zero-order valence-corrected chi connectivity index (χ0v) is 8.95. The van der Waals surface area contributed by atoms with Crippen molar-refractivity contribution in [2.45, 2.75) is 51.0 Å². The molecule has 0 radical (unpaired) electrons. The summed E-state index contributed by atoms with van der Waals surface area (Å²) in [6, 6.07) is 0. The van der Waals surface area contributed by atoms with Crippen LogP contribution in [0.4, 0.5) is 0 Å². The van der Waals surface area contributed by atoms with Gasteiger partial charge < -0.3 is 9.84 Å². The Balaban J connectivity index is 1.89. The molecular formula is C12H22O2. The molecule has 2 fully saturated rings. The maximum absolute atomic E-state index is 9.46. The van der Waals surface area contributed by atoms with Gasteiger partial charge in [-0.3, -0.25) is 0 Å². The highest BCUT2D eigenvalue weighted by Gasteiger charge is 2.32. The zero-order chi connectivity index (χ0) is 9.80. The van der Waals surface area contributed by atoms with Gasteiger partial charge in [-0.25, -0.2) is 0 Å². The van der Waals surface area contributed by atoms with E-state index in [0.717, 1.165) is 12.5 Å². The van der Waals surface area contributed by atoms with Crippen molar-refractivity contribution in [3.05, 3.63) is 0 Å². The van der Waals surface area contributed by atoms with Crippen LogP contribution < -0.4 is 0 Å². The van der Waals surface area contributed by atoms with Gasteiger partial charge in [0, 0.05) is 19.1 Å². The minimum atomic E-state index is 0.329. The fourth-order valence-corrected chi connectivity index (χ4v) is 3.07. The predicted molar refractivity (Wildman–Crippen MR) is 56.1 cm³/mol. The minimum Gasteiger partial charge on any atom is -0.396 e. The normalized spacial score (nSPS) is 31.9. The third-order valence-corrected chi connectivity index (χ3v) is 3.91. The molecule has 2 rings (SSSR count). The molecule has 0 amide bonds. The average molecular weight is 198 g/mol. The predicted octanol–water partition coefficient (Wildman–Crippen LogP) is 2.35. The molecule has 0 aromatic carbocycles. The van der Waals surface area contributed by atoms with Gasteiger partial charge in [0.2, 0.25) is 0 Å². The fraction of sp³-hybridized carbons (Fsp3) is 1.00. The van der Waals surface area contributed by atoms with Crippen LogP contribution in [0.3, 0.4) is 0 Å². The van der Waals surface area contributed by atoms with Gasteiger partial charge in [0.1, 0.15) is 0 Å². The number of hydrogen-bond donors (Lipinski definition) is 1. The van der Waals surface area contributed by atoms with Crippen LogP contribution >= 0.6 is 0 Å². The van der Waals surface area contributed by atoms with Gasteiger partial charge >= 0.3 is 0 Å². The largest absolute Gasteiger partial charge is 0.396 e. The quantitative estimate of drug-likeness (QED) is 0.754. The first-order valence-corrected chi connectivity index (χ1v) is 6.14. The van der Waals surface area contributed by atoms with Crippen LogP contribution in [0.25, 0.3) is 0 Å². The van der Waals surface area contributed by atoms with Crippen molar-refractivity contribution in [2.75, 3.05) is 13.2 Å². The third-order valence-electron chi connectivity index (χ3n) is 3.91. The number of aliphatic hydroxyl groups is 1. The lowest BCUT2D eigenvalue weighted by Crippen LogP contribution is -2.31. The Morgan fingerprint density at radius 3 is 2.43 bits per heavy atom. The minimum absolute atomic E-state index is 0.329. The Hall–Kier alpha value is -0.0800. The van der Waals surface area contributed by atoms with Gasteiger partial charge in [-0.05, 0) is 18.8 Å². The first kappa shape index (κ1) is 10.4. The van der Waals surface area contributed by atoms with Crippen molar-refractivity contribution in [1.29, 1.82) is 0 Å². The highest BCUT2D eigenvalue weighted by molar-refractivity contribution is 4.81. The van der Waals surface area contributed by atoms with E-state index in [9.17, 15) is 5.11 Å². The van der Waals surface area contributed by atoms with E-state index in [4.69, 9.17) is 4.74 Å². The maximum Gasteiger partial charge on any atom is 0.0628 e. The molecule has 0 aromatic rings. The summed E-state index contributed by atoms with van der Waals surface area (Å²) >= 11 is 0. The summed E-state index contributed by atoms with van der Waals surface area (Å²) in [4.78, 5) is 0. The monoisotopic (exact) mass is 198 g/mol. The number of rotatable bonds is 3. The Morgan fingerprint density at radius 2 is 1.86 bits per heavy atom. The molecular weight excluding hydrogens is 176 g/mol. The van der Waals surface area contributed by atoms with E-state index in [-0.39, 0.29) is 0 Å². The summed E-state index contributed by atoms with van der Waals surface area (Å²) in [7, 11) is 0. The van der Waals surface area contributed by atoms with Gasteiger partial charge in [-0.2, -0.15) is 0 Å². The highest BCUT2D eigenvalue weighted by Crippen LogP contribution is 2.35. The van der Waals surface area contributed by atoms with Crippen LogP contribution in [0.15, 0.2) is 0 Å². The summed E-state index contributed by atoms with van der Waals surface area (Å²) in [5, 5.41) is 9.46. The van der Waals surface area contributed by atoms with E-state index in [2.05, 4.69) is 0 Å². The molecule has 2 nitrogen and oxygen atoms in total. The number of hydrogen-bond acceptors (Lipinski definition) is 2. The van der Waals surface area contributed by atoms with E-state index in [0.29, 0.717) is 18.6 Å². The van der Waals surface area contributed by atoms with Crippen LogP contribution in [0.1, 0.15) is 44.9 Å². The van der Waals surface area contributed by atoms with Crippen molar-refractivity contribution in [2.24, 2.45) is 11.8 Å². The van der Waals surface area contributed by atoms with Gasteiger partial charge in [0.15, 0.2) is 0 Å². The van der Waals surface area contributed by atoms with E-state index in [1.807, 2.05) is 0 Å². The first-order chi connectivity index (χ1) is 6.92. The molecule has 0 bridgehead atoms. The van der Waals surface area contributed by atoms with Crippen molar-refractivity contribution in [3.63, 3.8) is 0 Å². The zero-order valence-electron chi connectivity index (χ0n) is 8.95. The van der Waals surface area contributed by atoms with Gasteiger partial charge in [0.25, 0.3) is 0 Å². The molecule has 1 heterocycles. The standard InChI is InChI=1S/C12H22O2/c13-9-11(12-7-4-8-14-12)10-5-2-1-3-6-10/h10-13H,1-9H2.